The van der Waals surface area contributed by atoms with Crippen LogP contribution in [0.2, 0.25) is 0 Å². The van der Waals surface area contributed by atoms with Crippen molar-refractivity contribution >= 4 is 23.6 Å². The Morgan fingerprint density at radius 2 is 1.40 bits per heavy atom. The van der Waals surface area contributed by atoms with Crippen LogP contribution in [0, 0.1) is 0 Å². The largest absolute Gasteiger partial charge is 0.461 e. The molecule has 0 spiro atoms. The van der Waals surface area contributed by atoms with E-state index in [0.29, 0.717) is 0 Å². The summed E-state index contributed by atoms with van der Waals surface area (Å²) < 4.78 is 9.10. The highest BCUT2D eigenvalue weighted by atomic mass is 16.6. The van der Waals surface area contributed by atoms with Crippen molar-refractivity contribution in [3.8, 4) is 0 Å². The summed E-state index contributed by atoms with van der Waals surface area (Å²) in [6, 6.07) is 0. The van der Waals surface area contributed by atoms with Crippen LogP contribution in [0.1, 0.15) is 20.8 Å². The van der Waals surface area contributed by atoms with E-state index < -0.39 is 23.6 Å². The van der Waals surface area contributed by atoms with Crippen molar-refractivity contribution in [1.82, 2.24) is 0 Å². The second kappa shape index (κ2) is 6.69. The van der Waals surface area contributed by atoms with Gasteiger partial charge < -0.3 is 9.47 Å². The molecule has 0 aliphatic heterocycles. The van der Waals surface area contributed by atoms with Gasteiger partial charge in [0.05, 0.1) is 13.2 Å². The fourth-order valence-electron chi connectivity index (χ4n) is 0.731. The van der Waals surface area contributed by atoms with Crippen LogP contribution in [0.3, 0.4) is 0 Å². The molecule has 0 aromatic heterocycles. The Bertz CT molecular complexity index is 275. The summed E-state index contributed by atoms with van der Waals surface area (Å²) >= 11 is 0. The number of carbonyl (C=O) groups is 3. The van der Waals surface area contributed by atoms with Crippen LogP contribution < -0.4 is 0 Å². The highest BCUT2D eigenvalue weighted by Gasteiger charge is 2.23. The third kappa shape index (κ3) is 4.90. The molecule has 6 heteroatoms. The van der Waals surface area contributed by atoms with Crippen LogP contribution in [0.15, 0.2) is 4.99 Å². The van der Waals surface area contributed by atoms with Gasteiger partial charge in [-0.15, -0.1) is 0 Å². The van der Waals surface area contributed by atoms with E-state index in [1.165, 1.54) is 0 Å². The topological polar surface area (TPSA) is 82.0 Å². The quantitative estimate of drug-likeness (QED) is 0.377. The van der Waals surface area contributed by atoms with Crippen molar-refractivity contribution in [1.29, 1.82) is 0 Å². The SMILES string of the molecule is CCOC(=O)C(=NC(C)=O)C(=O)OCC. The van der Waals surface area contributed by atoms with Gasteiger partial charge in [0, 0.05) is 6.92 Å². The Morgan fingerprint density at radius 3 is 1.67 bits per heavy atom. The van der Waals surface area contributed by atoms with Crippen molar-refractivity contribution in [3.05, 3.63) is 0 Å². The summed E-state index contributed by atoms with van der Waals surface area (Å²) in [6.45, 7) is 4.46. The molecule has 84 valence electrons. The zero-order valence-electron chi connectivity index (χ0n) is 8.90. The summed E-state index contributed by atoms with van der Waals surface area (Å²) in [5, 5.41) is 0. The molecule has 0 radical (unpaired) electrons. The average Bonchev–Trinajstić information content (AvgIpc) is 2.14. The molecular weight excluding hydrogens is 202 g/mol. The maximum absolute atomic E-state index is 11.2. The van der Waals surface area contributed by atoms with Gasteiger partial charge in [-0.2, -0.15) is 4.99 Å². The fraction of sp³-hybridized carbons (Fsp3) is 0.556. The average molecular weight is 215 g/mol. The Labute approximate surface area is 87.3 Å². The molecule has 0 N–H and O–H groups in total. The van der Waals surface area contributed by atoms with Crippen molar-refractivity contribution < 1.29 is 23.9 Å². The molecule has 6 nitrogen and oxygen atoms in total. The first-order valence-corrected chi connectivity index (χ1v) is 4.46. The lowest BCUT2D eigenvalue weighted by atomic mass is 10.4. The van der Waals surface area contributed by atoms with Crippen LogP contribution in [-0.4, -0.2) is 36.8 Å². The van der Waals surface area contributed by atoms with E-state index in [9.17, 15) is 14.4 Å². The maximum atomic E-state index is 11.2. The first-order chi connectivity index (χ1) is 7.02. The van der Waals surface area contributed by atoms with Gasteiger partial charge in [0.1, 0.15) is 0 Å². The smallest absolute Gasteiger partial charge is 0.364 e. The van der Waals surface area contributed by atoms with Crippen molar-refractivity contribution in [2.45, 2.75) is 20.8 Å². The molecule has 0 aromatic rings. The zero-order valence-corrected chi connectivity index (χ0v) is 8.90. The maximum Gasteiger partial charge on any atom is 0.364 e. The molecule has 0 saturated heterocycles. The molecule has 0 aromatic carbocycles. The van der Waals surface area contributed by atoms with E-state index in [1.54, 1.807) is 13.8 Å². The predicted octanol–water partition coefficient (Wildman–Crippen LogP) is 0.100. The van der Waals surface area contributed by atoms with Gasteiger partial charge in [-0.25, -0.2) is 9.59 Å². The Morgan fingerprint density at radius 1 is 1.00 bits per heavy atom. The number of rotatable bonds is 4. The fourth-order valence-corrected chi connectivity index (χ4v) is 0.731. The van der Waals surface area contributed by atoms with Crippen LogP contribution in [0.25, 0.3) is 0 Å². The molecule has 0 unspecified atom stereocenters. The molecule has 0 atom stereocenters. The minimum atomic E-state index is -0.953. The highest BCUT2D eigenvalue weighted by molar-refractivity contribution is 6.63. The van der Waals surface area contributed by atoms with Crippen molar-refractivity contribution in [2.24, 2.45) is 4.99 Å². The lowest BCUT2D eigenvalue weighted by molar-refractivity contribution is -0.141. The van der Waals surface area contributed by atoms with E-state index >= 15 is 0 Å². The van der Waals surface area contributed by atoms with Crippen LogP contribution >= 0.6 is 0 Å². The number of hydrogen-bond acceptors (Lipinski definition) is 5. The molecule has 0 saturated carbocycles. The first kappa shape index (κ1) is 13.3. The van der Waals surface area contributed by atoms with Crippen LogP contribution in [-0.2, 0) is 23.9 Å². The Balaban J connectivity index is 4.81. The number of amides is 1. The van der Waals surface area contributed by atoms with Crippen LogP contribution in [0.4, 0.5) is 0 Å². The third-order valence-corrected chi connectivity index (χ3v) is 1.21. The molecule has 0 heterocycles. The summed E-state index contributed by atoms with van der Waals surface area (Å²) in [5.74, 6) is -2.57. The van der Waals surface area contributed by atoms with Gasteiger partial charge in [0.2, 0.25) is 11.6 Å². The second-order valence-electron chi connectivity index (χ2n) is 2.42. The number of nitrogens with zero attached hydrogens (tertiary/aromatic N) is 1. The summed E-state index contributed by atoms with van der Waals surface area (Å²) in [7, 11) is 0. The van der Waals surface area contributed by atoms with E-state index in [2.05, 4.69) is 14.5 Å². The van der Waals surface area contributed by atoms with Crippen molar-refractivity contribution in [3.63, 3.8) is 0 Å². The van der Waals surface area contributed by atoms with Gasteiger partial charge >= 0.3 is 11.9 Å². The molecule has 0 rings (SSSR count). The summed E-state index contributed by atoms with van der Waals surface area (Å²) in [5.41, 5.74) is -0.619. The first-order valence-electron chi connectivity index (χ1n) is 4.46. The highest BCUT2D eigenvalue weighted by Crippen LogP contribution is 1.92. The van der Waals surface area contributed by atoms with Crippen molar-refractivity contribution in [2.75, 3.05) is 13.2 Å². The monoisotopic (exact) mass is 215 g/mol. The van der Waals surface area contributed by atoms with Gasteiger partial charge in [0.15, 0.2) is 0 Å². The molecule has 1 amide bonds. The normalized spacial score (nSPS) is 9.00. The van der Waals surface area contributed by atoms with E-state index in [0.717, 1.165) is 6.92 Å². The molecule has 15 heavy (non-hydrogen) atoms. The van der Waals surface area contributed by atoms with E-state index in [1.807, 2.05) is 0 Å². The zero-order chi connectivity index (χ0) is 11.8. The third-order valence-electron chi connectivity index (χ3n) is 1.21. The van der Waals surface area contributed by atoms with Gasteiger partial charge in [0.25, 0.3) is 0 Å². The molecule has 0 fully saturated rings. The number of carbonyl (C=O) groups excluding carboxylic acids is 3. The molecular formula is C9H13NO5. The van der Waals surface area contributed by atoms with Gasteiger partial charge in [-0.05, 0) is 13.8 Å². The summed E-state index contributed by atoms with van der Waals surface area (Å²) in [6.07, 6.45) is 0. The van der Waals surface area contributed by atoms with E-state index in [-0.39, 0.29) is 13.2 Å². The minimum Gasteiger partial charge on any atom is -0.461 e. The van der Waals surface area contributed by atoms with Gasteiger partial charge in [-0.1, -0.05) is 0 Å². The number of esters is 2. The van der Waals surface area contributed by atoms with E-state index in [4.69, 9.17) is 0 Å². The molecule has 0 bridgehead atoms. The number of ether oxygens (including phenoxy) is 2. The molecule has 0 aliphatic rings. The predicted molar refractivity (Wildman–Crippen MR) is 51.4 cm³/mol. The second-order valence-corrected chi connectivity index (χ2v) is 2.42. The standard InChI is InChI=1S/C9H13NO5/c1-4-14-8(12)7(10-6(3)11)9(13)15-5-2/h4-5H2,1-3H3. The number of hydrogen-bond donors (Lipinski definition) is 0. The Hall–Kier alpha value is -1.72. The lowest BCUT2D eigenvalue weighted by Crippen LogP contribution is -2.29. The summed E-state index contributed by atoms with van der Waals surface area (Å²) in [4.78, 5) is 36.3. The van der Waals surface area contributed by atoms with Crippen LogP contribution in [0.5, 0.6) is 0 Å². The molecule has 0 aliphatic carbocycles. The minimum absolute atomic E-state index is 0.0924. The van der Waals surface area contributed by atoms with Gasteiger partial charge in [-0.3, -0.25) is 4.79 Å². The lowest BCUT2D eigenvalue weighted by Gasteiger charge is -2.04. The number of aliphatic imine (C=N–C) groups is 1. The Kier molecular flexibility index (Phi) is 5.92.